The minimum absolute atomic E-state index is 0.629. The van der Waals surface area contributed by atoms with Gasteiger partial charge in [0.15, 0.2) is 0 Å². The van der Waals surface area contributed by atoms with Crippen molar-refractivity contribution in [1.29, 1.82) is 0 Å². The summed E-state index contributed by atoms with van der Waals surface area (Å²) in [6, 6.07) is 1.96. The summed E-state index contributed by atoms with van der Waals surface area (Å²) < 4.78 is 1.95. The maximum Gasteiger partial charge on any atom is 0.0493 e. The van der Waals surface area contributed by atoms with E-state index in [1.54, 1.807) is 0 Å². The van der Waals surface area contributed by atoms with Gasteiger partial charge >= 0.3 is 0 Å². The zero-order valence-corrected chi connectivity index (χ0v) is 8.07. The second-order valence-corrected chi connectivity index (χ2v) is 3.68. The minimum Gasteiger partial charge on any atom is -0.245 e. The topological polar surface area (TPSA) is 17.8 Å². The summed E-state index contributed by atoms with van der Waals surface area (Å²) in [5, 5.41) is 4.23. The minimum atomic E-state index is 0.629. The summed E-state index contributed by atoms with van der Waals surface area (Å²) in [5.74, 6) is 0.629. The Labute approximate surface area is 78.6 Å². The average Bonchev–Trinajstić information content (AvgIpc) is 2.53. The fraction of sp³-hybridized carbons (Fsp3) is 0.364. The van der Waals surface area contributed by atoms with Crippen molar-refractivity contribution in [2.45, 2.75) is 20.3 Å². The lowest BCUT2D eigenvalue weighted by Gasteiger charge is -2.16. The molecule has 0 fully saturated rings. The molecule has 0 aromatic carbocycles. The molecule has 2 nitrogen and oxygen atoms in total. The Morgan fingerprint density at radius 1 is 1.54 bits per heavy atom. The predicted molar refractivity (Wildman–Crippen MR) is 54.0 cm³/mol. The van der Waals surface area contributed by atoms with Gasteiger partial charge in [0.2, 0.25) is 0 Å². The van der Waals surface area contributed by atoms with E-state index in [0.717, 1.165) is 6.42 Å². The predicted octanol–water partition coefficient (Wildman–Crippen LogP) is 2.71. The second kappa shape index (κ2) is 3.21. The molecule has 13 heavy (non-hydrogen) atoms. The van der Waals surface area contributed by atoms with Crippen LogP contribution in [0.15, 0.2) is 36.2 Å². The van der Waals surface area contributed by atoms with Crippen LogP contribution in [-0.2, 0) is 0 Å². The van der Waals surface area contributed by atoms with E-state index in [-0.39, 0.29) is 0 Å². The molecule has 0 amide bonds. The molecule has 0 N–H and O–H groups in total. The molecule has 0 spiro atoms. The van der Waals surface area contributed by atoms with Crippen LogP contribution in [0.4, 0.5) is 0 Å². The van der Waals surface area contributed by atoms with E-state index in [2.05, 4.69) is 31.1 Å². The van der Waals surface area contributed by atoms with Crippen molar-refractivity contribution < 1.29 is 0 Å². The fourth-order valence-corrected chi connectivity index (χ4v) is 1.81. The van der Waals surface area contributed by atoms with Crippen molar-refractivity contribution in [1.82, 2.24) is 9.78 Å². The van der Waals surface area contributed by atoms with Gasteiger partial charge in [0.05, 0.1) is 0 Å². The van der Waals surface area contributed by atoms with Crippen molar-refractivity contribution in [3.63, 3.8) is 0 Å². The Balaban J connectivity index is 2.31. The summed E-state index contributed by atoms with van der Waals surface area (Å²) in [6.45, 7) is 4.37. The molecular formula is C11H14N2. The average molecular weight is 174 g/mol. The largest absolute Gasteiger partial charge is 0.245 e. The summed E-state index contributed by atoms with van der Waals surface area (Å²) in [6.07, 6.45) is 9.40. The van der Waals surface area contributed by atoms with Crippen LogP contribution >= 0.6 is 0 Å². The van der Waals surface area contributed by atoms with E-state index < -0.39 is 0 Å². The lowest BCUT2D eigenvalue weighted by molar-refractivity contribution is 0.697. The number of hydrogen-bond acceptors (Lipinski definition) is 1. The van der Waals surface area contributed by atoms with Gasteiger partial charge in [-0.3, -0.25) is 0 Å². The van der Waals surface area contributed by atoms with Crippen LogP contribution in [0.3, 0.4) is 0 Å². The molecule has 1 heterocycles. The number of hydrogen-bond donors (Lipinski definition) is 0. The fourth-order valence-electron chi connectivity index (χ4n) is 1.81. The van der Waals surface area contributed by atoms with Crippen molar-refractivity contribution in [2.75, 3.05) is 0 Å². The molecule has 0 radical (unpaired) electrons. The molecule has 0 bridgehead atoms. The van der Waals surface area contributed by atoms with E-state index in [9.17, 15) is 0 Å². The molecule has 2 rings (SSSR count). The van der Waals surface area contributed by atoms with Gasteiger partial charge in [-0.05, 0) is 31.4 Å². The quantitative estimate of drug-likeness (QED) is 0.640. The lowest BCUT2D eigenvalue weighted by atomic mass is 9.96. The van der Waals surface area contributed by atoms with Gasteiger partial charge in [-0.2, -0.15) is 5.10 Å². The maximum absolute atomic E-state index is 4.23. The number of aromatic nitrogens is 2. The van der Waals surface area contributed by atoms with Gasteiger partial charge in [0.1, 0.15) is 0 Å². The second-order valence-electron chi connectivity index (χ2n) is 3.68. The molecular weight excluding hydrogens is 160 g/mol. The molecule has 1 aromatic rings. The maximum atomic E-state index is 4.23. The monoisotopic (exact) mass is 174 g/mol. The van der Waals surface area contributed by atoms with Crippen LogP contribution in [0.1, 0.15) is 20.3 Å². The Morgan fingerprint density at radius 2 is 2.38 bits per heavy atom. The first-order chi connectivity index (χ1) is 6.25. The van der Waals surface area contributed by atoms with Crippen LogP contribution in [0.2, 0.25) is 0 Å². The Bertz CT molecular complexity index is 344. The lowest BCUT2D eigenvalue weighted by Crippen LogP contribution is -2.06. The Kier molecular flexibility index (Phi) is 2.05. The molecule has 1 aliphatic carbocycles. The van der Waals surface area contributed by atoms with Gasteiger partial charge in [-0.15, -0.1) is 0 Å². The van der Waals surface area contributed by atoms with Crippen molar-refractivity contribution in [2.24, 2.45) is 5.92 Å². The van der Waals surface area contributed by atoms with Gasteiger partial charge in [-0.1, -0.05) is 18.6 Å². The highest BCUT2D eigenvalue weighted by molar-refractivity contribution is 5.52. The van der Waals surface area contributed by atoms with Crippen LogP contribution < -0.4 is 0 Å². The molecule has 2 heteroatoms. The number of allylic oxidation sites excluding steroid dienone is 4. The number of rotatable bonds is 1. The van der Waals surface area contributed by atoms with Gasteiger partial charge in [0.25, 0.3) is 0 Å². The molecule has 1 atom stereocenters. The van der Waals surface area contributed by atoms with Gasteiger partial charge < -0.3 is 0 Å². The molecule has 1 aromatic heterocycles. The molecule has 0 aliphatic heterocycles. The van der Waals surface area contributed by atoms with E-state index >= 15 is 0 Å². The molecule has 0 saturated carbocycles. The van der Waals surface area contributed by atoms with Crippen LogP contribution in [0.25, 0.3) is 5.70 Å². The first-order valence-corrected chi connectivity index (χ1v) is 4.65. The first-order valence-electron chi connectivity index (χ1n) is 4.65. The van der Waals surface area contributed by atoms with E-state index in [1.165, 1.54) is 11.3 Å². The third-order valence-electron chi connectivity index (χ3n) is 2.27. The first kappa shape index (κ1) is 8.30. The summed E-state index contributed by atoms with van der Waals surface area (Å²) in [4.78, 5) is 0. The summed E-state index contributed by atoms with van der Waals surface area (Å²) in [7, 11) is 0. The zero-order valence-electron chi connectivity index (χ0n) is 8.07. The third kappa shape index (κ3) is 1.72. The zero-order chi connectivity index (χ0) is 9.26. The highest BCUT2D eigenvalue weighted by Crippen LogP contribution is 2.24. The molecule has 68 valence electrons. The van der Waals surface area contributed by atoms with E-state index in [4.69, 9.17) is 0 Å². The van der Waals surface area contributed by atoms with Crippen LogP contribution in [0.5, 0.6) is 0 Å². The highest BCUT2D eigenvalue weighted by atomic mass is 15.3. The Hall–Kier alpha value is -1.31. The van der Waals surface area contributed by atoms with Crippen LogP contribution in [-0.4, -0.2) is 9.78 Å². The van der Waals surface area contributed by atoms with Crippen LogP contribution in [0, 0.1) is 5.92 Å². The standard InChI is InChI=1S/C11H14N2/c1-9-6-10(2)8-11(7-9)13-5-3-4-12-13/h3-7,10H,8H2,1-2H3. The smallest absolute Gasteiger partial charge is 0.0493 e. The number of nitrogens with zero attached hydrogens (tertiary/aromatic N) is 2. The SMILES string of the molecule is CC1=CC(C)CC(n2cccn2)=C1. The molecule has 0 saturated heterocycles. The van der Waals surface area contributed by atoms with Crippen molar-refractivity contribution in [3.8, 4) is 0 Å². The molecule has 1 aliphatic rings. The van der Waals surface area contributed by atoms with Crippen molar-refractivity contribution in [3.05, 3.63) is 36.2 Å². The summed E-state index contributed by atoms with van der Waals surface area (Å²) in [5.41, 5.74) is 2.63. The molecule has 1 unspecified atom stereocenters. The summed E-state index contributed by atoms with van der Waals surface area (Å²) >= 11 is 0. The van der Waals surface area contributed by atoms with E-state index in [0.29, 0.717) is 5.92 Å². The van der Waals surface area contributed by atoms with Gasteiger partial charge in [0, 0.05) is 18.1 Å². The van der Waals surface area contributed by atoms with Gasteiger partial charge in [-0.25, -0.2) is 4.68 Å². The Morgan fingerprint density at radius 3 is 3.00 bits per heavy atom. The normalized spacial score (nSPS) is 22.5. The van der Waals surface area contributed by atoms with Crippen molar-refractivity contribution >= 4 is 5.70 Å². The highest BCUT2D eigenvalue weighted by Gasteiger charge is 2.10. The third-order valence-corrected chi connectivity index (χ3v) is 2.27. The van der Waals surface area contributed by atoms with E-state index in [1.807, 2.05) is 23.1 Å².